The van der Waals surface area contributed by atoms with Crippen LogP contribution in [0.5, 0.6) is 0 Å². The summed E-state index contributed by atoms with van der Waals surface area (Å²) >= 11 is 3.45. The molecule has 1 rings (SSSR count). The van der Waals surface area contributed by atoms with Crippen LogP contribution in [0.3, 0.4) is 0 Å². The van der Waals surface area contributed by atoms with Crippen molar-refractivity contribution in [3.63, 3.8) is 0 Å². The second-order valence-corrected chi connectivity index (χ2v) is 7.86. The highest BCUT2D eigenvalue weighted by atomic mass is 79.9. The summed E-state index contributed by atoms with van der Waals surface area (Å²) in [6, 6.07) is 3.69. The highest BCUT2D eigenvalue weighted by Crippen LogP contribution is 2.26. The molecule has 0 aliphatic heterocycles. The van der Waals surface area contributed by atoms with E-state index < -0.39 is 10.0 Å². The second-order valence-electron chi connectivity index (χ2n) is 5.27. The summed E-state index contributed by atoms with van der Waals surface area (Å²) in [6.45, 7) is 7.10. The summed E-state index contributed by atoms with van der Waals surface area (Å²) in [5, 5.41) is 3.04. The van der Waals surface area contributed by atoms with Gasteiger partial charge in [0, 0.05) is 17.6 Å². The quantitative estimate of drug-likeness (QED) is 0.732. The SMILES string of the molecule is CCC(CC)CNS(=O)(=O)c1cc(CNC)cc(Br)c1C. The smallest absolute Gasteiger partial charge is 0.240 e. The molecule has 0 unspecified atom stereocenters. The molecule has 0 aromatic heterocycles. The van der Waals surface area contributed by atoms with Gasteiger partial charge in [0.1, 0.15) is 0 Å². The molecule has 0 fully saturated rings. The molecule has 4 nitrogen and oxygen atoms in total. The van der Waals surface area contributed by atoms with Gasteiger partial charge in [0.15, 0.2) is 0 Å². The second kappa shape index (κ2) is 8.27. The van der Waals surface area contributed by atoms with Crippen molar-refractivity contribution in [3.8, 4) is 0 Å². The topological polar surface area (TPSA) is 58.2 Å². The molecule has 0 heterocycles. The van der Waals surface area contributed by atoms with Gasteiger partial charge >= 0.3 is 0 Å². The van der Waals surface area contributed by atoms with Crippen molar-refractivity contribution >= 4 is 26.0 Å². The van der Waals surface area contributed by atoms with E-state index in [1.807, 2.05) is 20.0 Å². The van der Waals surface area contributed by atoms with Gasteiger partial charge in [0.2, 0.25) is 10.0 Å². The molecule has 0 bridgehead atoms. The Kier molecular flexibility index (Phi) is 7.33. The van der Waals surface area contributed by atoms with Crippen molar-refractivity contribution in [3.05, 3.63) is 27.7 Å². The Morgan fingerprint density at radius 2 is 1.86 bits per heavy atom. The third-order valence-corrected chi connectivity index (χ3v) is 6.12. The number of rotatable bonds is 8. The highest BCUT2D eigenvalue weighted by Gasteiger charge is 2.20. The number of sulfonamides is 1. The number of nitrogens with one attached hydrogen (secondary N) is 2. The molecule has 1 aromatic rings. The molecule has 0 atom stereocenters. The maximum Gasteiger partial charge on any atom is 0.240 e. The fourth-order valence-electron chi connectivity index (χ4n) is 2.17. The Labute approximate surface area is 136 Å². The van der Waals surface area contributed by atoms with Crippen LogP contribution >= 0.6 is 15.9 Å². The summed E-state index contributed by atoms with van der Waals surface area (Å²) in [6.07, 6.45) is 1.95. The van der Waals surface area contributed by atoms with Crippen molar-refractivity contribution in [2.45, 2.75) is 45.1 Å². The normalized spacial score (nSPS) is 12.1. The van der Waals surface area contributed by atoms with E-state index in [1.54, 1.807) is 6.07 Å². The molecule has 21 heavy (non-hydrogen) atoms. The molecule has 6 heteroatoms. The lowest BCUT2D eigenvalue weighted by Gasteiger charge is -2.16. The molecule has 120 valence electrons. The summed E-state index contributed by atoms with van der Waals surface area (Å²) < 4.78 is 28.7. The Morgan fingerprint density at radius 1 is 1.24 bits per heavy atom. The van der Waals surface area contributed by atoms with Crippen LogP contribution in [0.25, 0.3) is 0 Å². The van der Waals surface area contributed by atoms with Crippen LogP contribution in [-0.2, 0) is 16.6 Å². The maximum atomic E-state index is 12.5. The van der Waals surface area contributed by atoms with E-state index in [9.17, 15) is 8.42 Å². The lowest BCUT2D eigenvalue weighted by molar-refractivity contribution is 0.478. The average Bonchev–Trinajstić information content (AvgIpc) is 2.43. The Hall–Kier alpha value is -0.430. The van der Waals surface area contributed by atoms with E-state index >= 15 is 0 Å². The highest BCUT2D eigenvalue weighted by molar-refractivity contribution is 9.10. The van der Waals surface area contributed by atoms with Crippen LogP contribution in [0.1, 0.15) is 37.8 Å². The van der Waals surface area contributed by atoms with Gasteiger partial charge in [-0.2, -0.15) is 0 Å². The van der Waals surface area contributed by atoms with Gasteiger partial charge in [-0.25, -0.2) is 13.1 Å². The lowest BCUT2D eigenvalue weighted by Crippen LogP contribution is -2.29. The summed E-state index contributed by atoms with van der Waals surface area (Å²) in [5.74, 6) is 0.379. The predicted molar refractivity (Wildman–Crippen MR) is 90.9 cm³/mol. The van der Waals surface area contributed by atoms with Crippen LogP contribution in [0.15, 0.2) is 21.5 Å². The number of hydrogen-bond donors (Lipinski definition) is 2. The fraction of sp³-hybridized carbons (Fsp3) is 0.600. The summed E-state index contributed by atoms with van der Waals surface area (Å²) in [7, 11) is -1.64. The van der Waals surface area contributed by atoms with Crippen LogP contribution in [0, 0.1) is 12.8 Å². The minimum absolute atomic E-state index is 0.355. The van der Waals surface area contributed by atoms with Gasteiger partial charge in [-0.3, -0.25) is 0 Å². The minimum Gasteiger partial charge on any atom is -0.316 e. The molecule has 1 aromatic carbocycles. The monoisotopic (exact) mass is 376 g/mol. The molecule has 0 saturated carbocycles. The van der Waals surface area contributed by atoms with E-state index in [-0.39, 0.29) is 0 Å². The number of hydrogen-bond acceptors (Lipinski definition) is 3. The zero-order valence-electron chi connectivity index (χ0n) is 13.2. The van der Waals surface area contributed by atoms with Crippen LogP contribution in [-0.4, -0.2) is 22.0 Å². The summed E-state index contributed by atoms with van der Waals surface area (Å²) in [4.78, 5) is 0.355. The first-order valence-corrected chi connectivity index (χ1v) is 9.56. The van der Waals surface area contributed by atoms with Gasteiger partial charge < -0.3 is 5.32 Å². The van der Waals surface area contributed by atoms with Crippen LogP contribution in [0.4, 0.5) is 0 Å². The molecular weight excluding hydrogens is 352 g/mol. The third-order valence-electron chi connectivity index (χ3n) is 3.74. The Balaban J connectivity index is 3.06. The van der Waals surface area contributed by atoms with Gasteiger partial charge in [0.05, 0.1) is 4.90 Å². The zero-order valence-corrected chi connectivity index (χ0v) is 15.6. The van der Waals surface area contributed by atoms with Gasteiger partial charge in [-0.15, -0.1) is 0 Å². The molecule has 0 aliphatic rings. The molecule has 0 spiro atoms. The molecule has 2 N–H and O–H groups in total. The average molecular weight is 377 g/mol. The van der Waals surface area contributed by atoms with Gasteiger partial charge in [0.25, 0.3) is 0 Å². The van der Waals surface area contributed by atoms with Gasteiger partial charge in [-0.1, -0.05) is 42.6 Å². The zero-order chi connectivity index (χ0) is 16.0. The first-order valence-electron chi connectivity index (χ1n) is 7.28. The first-order chi connectivity index (χ1) is 9.85. The first kappa shape index (κ1) is 18.6. The Morgan fingerprint density at radius 3 is 2.38 bits per heavy atom. The van der Waals surface area contributed by atoms with Gasteiger partial charge in [-0.05, 0) is 43.1 Å². The fourth-order valence-corrected chi connectivity index (χ4v) is 4.24. The minimum atomic E-state index is -3.48. The molecule has 0 saturated heterocycles. The molecule has 0 aliphatic carbocycles. The third kappa shape index (κ3) is 5.06. The standard InChI is InChI=1S/C15H25BrN2O2S/c1-5-12(6-2)10-18-21(19,20)15-8-13(9-17-4)7-14(16)11(15)3/h7-8,12,17-18H,5-6,9-10H2,1-4H3. The van der Waals surface area contributed by atoms with Crippen molar-refractivity contribution in [1.29, 1.82) is 0 Å². The molecule has 0 radical (unpaired) electrons. The van der Waals surface area contributed by atoms with E-state index in [4.69, 9.17) is 0 Å². The van der Waals surface area contributed by atoms with E-state index in [2.05, 4.69) is 39.8 Å². The molecular formula is C15H25BrN2O2S. The van der Waals surface area contributed by atoms with Crippen molar-refractivity contribution < 1.29 is 8.42 Å². The van der Waals surface area contributed by atoms with E-state index in [1.165, 1.54) is 0 Å². The van der Waals surface area contributed by atoms with Crippen molar-refractivity contribution in [2.24, 2.45) is 5.92 Å². The largest absolute Gasteiger partial charge is 0.316 e. The van der Waals surface area contributed by atoms with Crippen LogP contribution in [0.2, 0.25) is 0 Å². The van der Waals surface area contributed by atoms with E-state index in [0.29, 0.717) is 23.9 Å². The lowest BCUT2D eigenvalue weighted by atomic mass is 10.0. The number of halogens is 1. The maximum absolute atomic E-state index is 12.5. The summed E-state index contributed by atoms with van der Waals surface area (Å²) in [5.41, 5.74) is 1.68. The molecule has 0 amide bonds. The predicted octanol–water partition coefficient (Wildman–Crippen LogP) is 3.19. The Bertz CT molecular complexity index is 569. The van der Waals surface area contributed by atoms with Crippen molar-refractivity contribution in [2.75, 3.05) is 13.6 Å². The van der Waals surface area contributed by atoms with E-state index in [0.717, 1.165) is 28.4 Å². The number of benzene rings is 1. The van der Waals surface area contributed by atoms with Crippen LogP contribution < -0.4 is 10.0 Å². The van der Waals surface area contributed by atoms with Crippen molar-refractivity contribution in [1.82, 2.24) is 10.0 Å².